The van der Waals surface area contributed by atoms with Crippen LogP contribution in [0.1, 0.15) is 42.1 Å². The summed E-state index contributed by atoms with van der Waals surface area (Å²) in [5.74, 6) is 0.508. The maximum absolute atomic E-state index is 12.4. The smallest absolute Gasteiger partial charge is 0.261 e. The molecule has 3 nitrogen and oxygen atoms in total. The molecule has 0 bridgehead atoms. The fraction of sp³-hybridized carbons (Fsp3) is 0.350. The Kier molecular flexibility index (Phi) is 5.89. The number of benzene rings is 2. The van der Waals surface area contributed by atoms with Crippen molar-refractivity contribution in [2.75, 3.05) is 0 Å². The molecule has 2 aromatic carbocycles. The van der Waals surface area contributed by atoms with Gasteiger partial charge in [-0.15, -0.1) is 0 Å². The summed E-state index contributed by atoms with van der Waals surface area (Å²) in [6, 6.07) is 11.8. The molecule has 0 radical (unpaired) electrons. The van der Waals surface area contributed by atoms with E-state index in [4.69, 9.17) is 16.3 Å². The first-order chi connectivity index (χ1) is 11.3. The van der Waals surface area contributed by atoms with Gasteiger partial charge < -0.3 is 10.1 Å². The summed E-state index contributed by atoms with van der Waals surface area (Å²) in [5.41, 5.74) is 4.14. The number of carbonyl (C=O) groups excluding carboxylic acids is 1. The SMILES string of the molecule is Cc1ccc([C@H](C)NC(=O)[C@H](C)Oc2cc(C)c(Cl)c(C)c2)cc1. The van der Waals surface area contributed by atoms with Crippen LogP contribution in [0.15, 0.2) is 36.4 Å². The van der Waals surface area contributed by atoms with Gasteiger partial charge in [-0.2, -0.15) is 0 Å². The highest BCUT2D eigenvalue weighted by atomic mass is 35.5. The molecule has 128 valence electrons. The van der Waals surface area contributed by atoms with Gasteiger partial charge in [-0.05, 0) is 63.4 Å². The Morgan fingerprint density at radius 2 is 1.58 bits per heavy atom. The van der Waals surface area contributed by atoms with E-state index in [2.05, 4.69) is 5.32 Å². The molecule has 0 fully saturated rings. The van der Waals surface area contributed by atoms with E-state index in [1.54, 1.807) is 6.92 Å². The summed E-state index contributed by atoms with van der Waals surface area (Å²) in [6.07, 6.45) is -0.585. The highest BCUT2D eigenvalue weighted by molar-refractivity contribution is 6.32. The Morgan fingerprint density at radius 3 is 2.12 bits per heavy atom. The second-order valence-electron chi connectivity index (χ2n) is 6.27. The average molecular weight is 346 g/mol. The quantitative estimate of drug-likeness (QED) is 0.836. The van der Waals surface area contributed by atoms with Crippen LogP contribution in [0.3, 0.4) is 0 Å². The summed E-state index contributed by atoms with van der Waals surface area (Å²) in [4.78, 5) is 12.4. The third-order valence-electron chi connectivity index (χ3n) is 4.03. The molecule has 24 heavy (non-hydrogen) atoms. The molecule has 0 saturated carbocycles. The number of aryl methyl sites for hydroxylation is 3. The van der Waals surface area contributed by atoms with Gasteiger partial charge in [0.25, 0.3) is 5.91 Å². The molecule has 0 aromatic heterocycles. The second kappa shape index (κ2) is 7.71. The maximum Gasteiger partial charge on any atom is 0.261 e. The molecule has 0 aliphatic rings. The van der Waals surface area contributed by atoms with Crippen LogP contribution >= 0.6 is 11.6 Å². The van der Waals surface area contributed by atoms with Crippen LogP contribution < -0.4 is 10.1 Å². The highest BCUT2D eigenvalue weighted by Crippen LogP contribution is 2.26. The number of carbonyl (C=O) groups is 1. The minimum absolute atomic E-state index is 0.0714. The molecular formula is C20H24ClNO2. The molecule has 4 heteroatoms. The number of hydrogen-bond acceptors (Lipinski definition) is 2. The van der Waals surface area contributed by atoms with Crippen molar-refractivity contribution in [2.45, 2.75) is 46.8 Å². The third kappa shape index (κ3) is 4.51. The number of nitrogens with one attached hydrogen (secondary N) is 1. The van der Waals surface area contributed by atoms with Gasteiger partial charge in [0, 0.05) is 5.02 Å². The van der Waals surface area contributed by atoms with Crippen LogP contribution in [-0.4, -0.2) is 12.0 Å². The number of rotatable bonds is 5. The standard InChI is InChI=1S/C20H24ClNO2/c1-12-6-8-17(9-7-12)15(4)22-20(23)16(5)24-18-10-13(2)19(21)14(3)11-18/h6-11,15-16H,1-5H3,(H,22,23)/t15-,16-/m0/s1. The van der Waals surface area contributed by atoms with E-state index in [9.17, 15) is 4.79 Å². The molecule has 2 aromatic rings. The van der Waals surface area contributed by atoms with Gasteiger partial charge in [-0.3, -0.25) is 4.79 Å². The molecule has 0 unspecified atom stereocenters. The molecule has 0 heterocycles. The van der Waals surface area contributed by atoms with E-state index >= 15 is 0 Å². The molecule has 0 spiro atoms. The Bertz CT molecular complexity index is 702. The number of amides is 1. The summed E-state index contributed by atoms with van der Waals surface area (Å²) in [5, 5.41) is 3.72. The summed E-state index contributed by atoms with van der Waals surface area (Å²) < 4.78 is 5.78. The number of hydrogen-bond donors (Lipinski definition) is 1. The van der Waals surface area contributed by atoms with Crippen molar-refractivity contribution in [3.8, 4) is 5.75 Å². The topological polar surface area (TPSA) is 38.3 Å². The molecule has 1 amide bonds. The molecular weight excluding hydrogens is 322 g/mol. The lowest BCUT2D eigenvalue weighted by atomic mass is 10.1. The lowest BCUT2D eigenvalue weighted by molar-refractivity contribution is -0.127. The Morgan fingerprint density at radius 1 is 1.04 bits per heavy atom. The van der Waals surface area contributed by atoms with Crippen molar-refractivity contribution >= 4 is 17.5 Å². The number of halogens is 1. The van der Waals surface area contributed by atoms with Crippen molar-refractivity contribution in [3.63, 3.8) is 0 Å². The molecule has 0 aliphatic carbocycles. The van der Waals surface area contributed by atoms with E-state index in [0.29, 0.717) is 5.75 Å². The predicted molar refractivity (Wildman–Crippen MR) is 98.8 cm³/mol. The normalized spacial score (nSPS) is 13.2. The first-order valence-corrected chi connectivity index (χ1v) is 8.46. The second-order valence-corrected chi connectivity index (χ2v) is 6.65. The van der Waals surface area contributed by atoms with Gasteiger partial charge in [-0.25, -0.2) is 0 Å². The van der Waals surface area contributed by atoms with E-state index in [1.165, 1.54) is 5.56 Å². The summed E-state index contributed by atoms with van der Waals surface area (Å²) >= 11 is 6.16. The average Bonchev–Trinajstić information content (AvgIpc) is 2.52. The predicted octanol–water partition coefficient (Wildman–Crippen LogP) is 4.91. The lowest BCUT2D eigenvalue weighted by Gasteiger charge is -2.20. The van der Waals surface area contributed by atoms with Gasteiger partial charge in [0.1, 0.15) is 5.75 Å². The maximum atomic E-state index is 12.4. The van der Waals surface area contributed by atoms with E-state index in [1.807, 2.05) is 64.1 Å². The van der Waals surface area contributed by atoms with E-state index < -0.39 is 6.10 Å². The van der Waals surface area contributed by atoms with Crippen LogP contribution in [0, 0.1) is 20.8 Å². The first kappa shape index (κ1) is 18.3. The van der Waals surface area contributed by atoms with Gasteiger partial charge in [0.2, 0.25) is 0 Å². The van der Waals surface area contributed by atoms with E-state index in [-0.39, 0.29) is 11.9 Å². The number of ether oxygens (including phenoxy) is 1. The minimum Gasteiger partial charge on any atom is -0.481 e. The fourth-order valence-corrected chi connectivity index (χ4v) is 2.61. The summed E-state index contributed by atoms with van der Waals surface area (Å²) in [7, 11) is 0. The molecule has 1 N–H and O–H groups in total. The third-order valence-corrected chi connectivity index (χ3v) is 4.62. The van der Waals surface area contributed by atoms with Crippen molar-refractivity contribution in [2.24, 2.45) is 0 Å². The minimum atomic E-state index is -0.585. The molecule has 0 aliphatic heterocycles. The largest absolute Gasteiger partial charge is 0.481 e. The zero-order valence-electron chi connectivity index (χ0n) is 14.8. The molecule has 0 saturated heterocycles. The van der Waals surface area contributed by atoms with Crippen LogP contribution in [0.25, 0.3) is 0 Å². The van der Waals surface area contributed by atoms with Crippen molar-refractivity contribution in [3.05, 3.63) is 63.7 Å². The lowest BCUT2D eigenvalue weighted by Crippen LogP contribution is -2.37. The van der Waals surface area contributed by atoms with Crippen LogP contribution in [-0.2, 0) is 4.79 Å². The van der Waals surface area contributed by atoms with Gasteiger partial charge in [-0.1, -0.05) is 41.4 Å². The zero-order valence-corrected chi connectivity index (χ0v) is 15.6. The Labute approximate surface area is 149 Å². The molecule has 2 atom stereocenters. The first-order valence-electron chi connectivity index (χ1n) is 8.08. The van der Waals surface area contributed by atoms with Crippen LogP contribution in [0.5, 0.6) is 5.75 Å². The van der Waals surface area contributed by atoms with Crippen molar-refractivity contribution in [1.82, 2.24) is 5.32 Å². The zero-order chi connectivity index (χ0) is 17.9. The van der Waals surface area contributed by atoms with Crippen molar-refractivity contribution < 1.29 is 9.53 Å². The van der Waals surface area contributed by atoms with Crippen LogP contribution in [0.4, 0.5) is 0 Å². The van der Waals surface area contributed by atoms with E-state index in [0.717, 1.165) is 21.7 Å². The van der Waals surface area contributed by atoms with Gasteiger partial charge >= 0.3 is 0 Å². The summed E-state index contributed by atoms with van der Waals surface area (Å²) in [6.45, 7) is 9.60. The Hall–Kier alpha value is -2.00. The Balaban J connectivity index is 2.00. The molecule has 2 rings (SSSR count). The fourth-order valence-electron chi connectivity index (χ4n) is 2.50. The van der Waals surface area contributed by atoms with Gasteiger partial charge in [0.05, 0.1) is 6.04 Å². The van der Waals surface area contributed by atoms with Crippen LogP contribution in [0.2, 0.25) is 5.02 Å². The monoisotopic (exact) mass is 345 g/mol. The van der Waals surface area contributed by atoms with Crippen molar-refractivity contribution in [1.29, 1.82) is 0 Å². The highest BCUT2D eigenvalue weighted by Gasteiger charge is 2.18. The van der Waals surface area contributed by atoms with Gasteiger partial charge in [0.15, 0.2) is 6.10 Å².